The lowest BCUT2D eigenvalue weighted by molar-refractivity contribution is -0.258. The van der Waals surface area contributed by atoms with Gasteiger partial charge < -0.3 is 5.11 Å². The Labute approximate surface area is 93.1 Å². The summed E-state index contributed by atoms with van der Waals surface area (Å²) in [5, 5.41) is 9.32. The zero-order valence-corrected chi connectivity index (χ0v) is 9.43. The highest BCUT2D eigenvalue weighted by Gasteiger charge is 2.51. The lowest BCUT2D eigenvalue weighted by atomic mass is 9.96. The van der Waals surface area contributed by atoms with Gasteiger partial charge in [0.05, 0.1) is 0 Å². The van der Waals surface area contributed by atoms with Gasteiger partial charge in [-0.25, -0.2) is 0 Å². The molecule has 0 spiro atoms. The van der Waals surface area contributed by atoms with Crippen LogP contribution in [0, 0.1) is 3.57 Å². The molecule has 0 aliphatic rings. The highest BCUT2D eigenvalue weighted by Crippen LogP contribution is 2.38. The summed E-state index contributed by atoms with van der Waals surface area (Å²) in [6.07, 6.45) is -4.66. The average Bonchev–Trinajstić information content (AvgIpc) is 2.02. The largest absolute Gasteiger partial charge is 0.421 e. The Bertz CT molecular complexity index is 333. The van der Waals surface area contributed by atoms with Gasteiger partial charge in [-0.3, -0.25) is 0 Å². The third-order valence-electron chi connectivity index (χ3n) is 1.94. The van der Waals surface area contributed by atoms with Crippen molar-refractivity contribution >= 4 is 22.6 Å². The lowest BCUT2D eigenvalue weighted by Gasteiger charge is -2.26. The quantitative estimate of drug-likeness (QED) is 0.790. The summed E-state index contributed by atoms with van der Waals surface area (Å²) in [4.78, 5) is 0. The van der Waals surface area contributed by atoms with Crippen molar-refractivity contribution in [3.8, 4) is 0 Å². The molecule has 0 heterocycles. The molecule has 0 amide bonds. The van der Waals surface area contributed by atoms with E-state index in [0.717, 1.165) is 6.92 Å². The highest BCUT2D eigenvalue weighted by molar-refractivity contribution is 14.1. The van der Waals surface area contributed by atoms with Gasteiger partial charge >= 0.3 is 6.18 Å². The topological polar surface area (TPSA) is 20.2 Å². The number of hydrogen-bond donors (Lipinski definition) is 1. The fraction of sp³-hybridized carbons (Fsp3) is 0.333. The van der Waals surface area contributed by atoms with Gasteiger partial charge in [0.2, 0.25) is 0 Å². The predicted octanol–water partition coefficient (Wildman–Crippen LogP) is 3.06. The molecule has 0 fully saturated rings. The molecule has 1 N–H and O–H groups in total. The molecular weight excluding hydrogens is 308 g/mol. The molecule has 0 aliphatic carbocycles. The standard InChI is InChI=1S/C9H8F3IO/c1-8(14,9(10,11)12)6-3-2-4-7(13)5-6/h2-5,14H,1H3. The van der Waals surface area contributed by atoms with E-state index in [0.29, 0.717) is 3.57 Å². The molecule has 1 unspecified atom stereocenters. The molecule has 1 rings (SSSR count). The van der Waals surface area contributed by atoms with Crippen LogP contribution in [0.1, 0.15) is 12.5 Å². The van der Waals surface area contributed by atoms with Crippen LogP contribution in [0.3, 0.4) is 0 Å². The molecule has 0 saturated heterocycles. The zero-order chi connectivity index (χ0) is 11.0. The van der Waals surface area contributed by atoms with Gasteiger partial charge in [-0.05, 0) is 47.2 Å². The van der Waals surface area contributed by atoms with Gasteiger partial charge in [0.15, 0.2) is 5.60 Å². The molecule has 14 heavy (non-hydrogen) atoms. The SMILES string of the molecule is CC(O)(c1cccc(I)c1)C(F)(F)F. The summed E-state index contributed by atoms with van der Waals surface area (Å²) in [6.45, 7) is 0.748. The average molecular weight is 316 g/mol. The number of aliphatic hydroxyl groups is 1. The van der Waals surface area contributed by atoms with Gasteiger partial charge in [-0.1, -0.05) is 12.1 Å². The summed E-state index contributed by atoms with van der Waals surface area (Å²) in [6, 6.07) is 5.72. The third kappa shape index (κ3) is 2.20. The number of alkyl halides is 3. The molecule has 5 heteroatoms. The van der Waals surface area contributed by atoms with Crippen LogP contribution >= 0.6 is 22.6 Å². The first-order valence-electron chi connectivity index (χ1n) is 3.80. The van der Waals surface area contributed by atoms with E-state index in [-0.39, 0.29) is 5.56 Å². The smallest absolute Gasteiger partial charge is 0.376 e. The van der Waals surface area contributed by atoms with Crippen LogP contribution in [0.2, 0.25) is 0 Å². The molecule has 1 aromatic rings. The minimum absolute atomic E-state index is 0.142. The van der Waals surface area contributed by atoms with E-state index in [1.54, 1.807) is 6.07 Å². The van der Waals surface area contributed by atoms with E-state index in [2.05, 4.69) is 0 Å². The van der Waals surface area contributed by atoms with Crippen molar-refractivity contribution in [2.24, 2.45) is 0 Å². The molecule has 1 nitrogen and oxygen atoms in total. The second kappa shape index (κ2) is 3.69. The number of benzene rings is 1. The Morgan fingerprint density at radius 1 is 1.29 bits per heavy atom. The fourth-order valence-corrected chi connectivity index (χ4v) is 1.50. The van der Waals surface area contributed by atoms with Crippen molar-refractivity contribution in [3.05, 3.63) is 33.4 Å². The van der Waals surface area contributed by atoms with Gasteiger partial charge in [-0.15, -0.1) is 0 Å². The van der Waals surface area contributed by atoms with Crippen molar-refractivity contribution in [2.75, 3.05) is 0 Å². The van der Waals surface area contributed by atoms with Crippen molar-refractivity contribution in [3.63, 3.8) is 0 Å². The third-order valence-corrected chi connectivity index (χ3v) is 2.61. The second-order valence-electron chi connectivity index (χ2n) is 3.08. The van der Waals surface area contributed by atoms with Gasteiger partial charge in [0, 0.05) is 3.57 Å². The van der Waals surface area contributed by atoms with E-state index >= 15 is 0 Å². The first-order chi connectivity index (χ1) is 6.25. The summed E-state index contributed by atoms with van der Waals surface area (Å²) in [5.74, 6) is 0. The van der Waals surface area contributed by atoms with Crippen LogP contribution in [0.25, 0.3) is 0 Å². The monoisotopic (exact) mass is 316 g/mol. The molecule has 0 aliphatic heterocycles. The van der Waals surface area contributed by atoms with E-state index < -0.39 is 11.8 Å². The van der Waals surface area contributed by atoms with E-state index in [4.69, 9.17) is 0 Å². The summed E-state index contributed by atoms with van der Waals surface area (Å²) >= 11 is 1.90. The van der Waals surface area contributed by atoms with Crippen LogP contribution in [-0.4, -0.2) is 11.3 Å². The first kappa shape index (κ1) is 11.8. The maximum absolute atomic E-state index is 12.4. The molecule has 0 aromatic heterocycles. The Kier molecular flexibility index (Phi) is 3.10. The maximum atomic E-state index is 12.4. The summed E-state index contributed by atoms with van der Waals surface area (Å²) < 4.78 is 37.9. The maximum Gasteiger partial charge on any atom is 0.421 e. The molecule has 0 bridgehead atoms. The van der Waals surface area contributed by atoms with Crippen LogP contribution in [-0.2, 0) is 5.60 Å². The van der Waals surface area contributed by atoms with Gasteiger partial charge in [0.25, 0.3) is 0 Å². The second-order valence-corrected chi connectivity index (χ2v) is 4.33. The summed E-state index contributed by atoms with van der Waals surface area (Å²) in [5.41, 5.74) is -2.93. The Morgan fingerprint density at radius 3 is 2.29 bits per heavy atom. The van der Waals surface area contributed by atoms with E-state index in [1.807, 2.05) is 22.6 Å². The normalized spacial score (nSPS) is 16.4. The van der Waals surface area contributed by atoms with Gasteiger partial charge in [-0.2, -0.15) is 13.2 Å². The van der Waals surface area contributed by atoms with Crippen LogP contribution in [0.5, 0.6) is 0 Å². The fourth-order valence-electron chi connectivity index (χ4n) is 0.955. The molecular formula is C9H8F3IO. The Morgan fingerprint density at radius 2 is 1.86 bits per heavy atom. The molecule has 0 saturated carbocycles. The lowest BCUT2D eigenvalue weighted by Crippen LogP contribution is -2.39. The molecule has 1 aromatic carbocycles. The number of rotatable bonds is 1. The molecule has 1 atom stereocenters. The van der Waals surface area contributed by atoms with Crippen molar-refractivity contribution in [1.29, 1.82) is 0 Å². The van der Waals surface area contributed by atoms with Crippen molar-refractivity contribution in [1.82, 2.24) is 0 Å². The Hall–Kier alpha value is -0.300. The van der Waals surface area contributed by atoms with Crippen LogP contribution in [0.15, 0.2) is 24.3 Å². The zero-order valence-electron chi connectivity index (χ0n) is 7.27. The minimum Gasteiger partial charge on any atom is -0.376 e. The van der Waals surface area contributed by atoms with Crippen LogP contribution < -0.4 is 0 Å². The van der Waals surface area contributed by atoms with E-state index in [1.165, 1.54) is 18.2 Å². The number of hydrogen-bond acceptors (Lipinski definition) is 1. The summed E-state index contributed by atoms with van der Waals surface area (Å²) in [7, 11) is 0. The van der Waals surface area contributed by atoms with Crippen LogP contribution in [0.4, 0.5) is 13.2 Å². The minimum atomic E-state index is -4.66. The molecule has 0 radical (unpaired) electrons. The molecule has 78 valence electrons. The van der Waals surface area contributed by atoms with Gasteiger partial charge in [0.1, 0.15) is 0 Å². The number of halogens is 4. The van der Waals surface area contributed by atoms with E-state index in [9.17, 15) is 18.3 Å². The Balaban J connectivity index is 3.16. The highest BCUT2D eigenvalue weighted by atomic mass is 127. The first-order valence-corrected chi connectivity index (χ1v) is 4.88. The van der Waals surface area contributed by atoms with Crippen molar-refractivity contribution in [2.45, 2.75) is 18.7 Å². The predicted molar refractivity (Wildman–Crippen MR) is 54.8 cm³/mol. The van der Waals surface area contributed by atoms with Crippen molar-refractivity contribution < 1.29 is 18.3 Å².